The predicted octanol–water partition coefficient (Wildman–Crippen LogP) is 11.0. The van der Waals surface area contributed by atoms with Gasteiger partial charge >= 0.3 is 113 Å². The van der Waals surface area contributed by atoms with Crippen LogP contribution in [0.25, 0.3) is 66.7 Å². The molecule has 3 nitrogen and oxygen atoms in total. The normalized spacial score (nSPS) is 11.2. The number of fused-ring (bicyclic) bond motifs is 3. The fraction of sp³-hybridized carbons (Fsp3) is 0.0833. The summed E-state index contributed by atoms with van der Waals surface area (Å²) in [5.74, 6) is 7.18. The molecule has 267 valence electrons. The molecule has 0 aliphatic carbocycles. The van der Waals surface area contributed by atoms with Crippen LogP contribution >= 0.6 is 0 Å². The van der Waals surface area contributed by atoms with E-state index in [-0.39, 0.29) is 20.1 Å². The summed E-state index contributed by atoms with van der Waals surface area (Å²) >= 11 is -1.78. The van der Waals surface area contributed by atoms with Gasteiger partial charge in [0, 0.05) is 37.9 Å². The molecular weight excluding hydrogens is 885 g/mol. The first-order chi connectivity index (χ1) is 25.0. The predicted molar refractivity (Wildman–Crippen MR) is 220 cm³/mol. The van der Waals surface area contributed by atoms with Gasteiger partial charge in [0.2, 0.25) is 0 Å². The number of nitrogens with zero attached hydrogens (tertiary/aromatic N) is 2. The van der Waals surface area contributed by atoms with Crippen LogP contribution in [0.5, 0.6) is 0 Å². The summed E-state index contributed by atoms with van der Waals surface area (Å²) in [6, 6.07) is 46.2. The van der Waals surface area contributed by atoms with E-state index in [4.69, 9.17) is 4.42 Å². The molecule has 0 aliphatic rings. The monoisotopic (exact) mass is 931 g/mol. The fourth-order valence-corrected chi connectivity index (χ4v) is 9.17. The molecule has 0 saturated carbocycles. The van der Waals surface area contributed by atoms with Crippen LogP contribution in [0.3, 0.4) is 0 Å². The van der Waals surface area contributed by atoms with Crippen molar-refractivity contribution < 1.29 is 33.7 Å². The Labute approximate surface area is 330 Å². The minimum atomic E-state index is -1.78. The Bertz CT molecular complexity index is 2550. The van der Waals surface area contributed by atoms with E-state index in [2.05, 4.69) is 168 Å². The van der Waals surface area contributed by atoms with Crippen molar-refractivity contribution in [3.63, 3.8) is 0 Å². The second-order valence-electron chi connectivity index (χ2n) is 14.4. The number of pyridine rings is 2. The summed E-state index contributed by atoms with van der Waals surface area (Å²) in [4.78, 5) is 0. The van der Waals surface area contributed by atoms with Crippen molar-refractivity contribution in [1.29, 1.82) is 0 Å². The Kier molecular flexibility index (Phi) is 11.0. The molecule has 3 heterocycles. The molecule has 8 rings (SSSR count). The summed E-state index contributed by atoms with van der Waals surface area (Å²) in [7, 11) is 8.46. The largest absolute Gasteiger partial charge is 0 e. The molecule has 0 bridgehead atoms. The van der Waals surface area contributed by atoms with Gasteiger partial charge in [0.15, 0.2) is 0 Å². The second-order valence-corrected chi connectivity index (χ2v) is 25.1. The molecule has 0 N–H and O–H groups in total. The molecule has 53 heavy (non-hydrogen) atoms. The first kappa shape index (κ1) is 37.6. The zero-order chi connectivity index (χ0) is 36.6. The Hall–Kier alpha value is -5.13. The molecule has 5 heteroatoms. The van der Waals surface area contributed by atoms with E-state index in [0.717, 1.165) is 66.7 Å². The van der Waals surface area contributed by atoms with Crippen molar-refractivity contribution >= 4 is 39.6 Å². The van der Waals surface area contributed by atoms with Gasteiger partial charge in [0.05, 0.1) is 17.5 Å². The molecule has 3 aromatic heterocycles. The molecule has 8 aromatic rings. The van der Waals surface area contributed by atoms with Crippen LogP contribution in [-0.4, -0.2) is 13.3 Å². The number of hydrogen-bond donors (Lipinski definition) is 0. The number of aryl methyl sites for hydroxylation is 1. The van der Waals surface area contributed by atoms with Crippen LogP contribution in [-0.2, 0) is 20.1 Å². The maximum absolute atomic E-state index is 6.51. The number of furan rings is 1. The molecule has 0 spiro atoms. The van der Waals surface area contributed by atoms with E-state index in [0.29, 0.717) is 0 Å². The summed E-state index contributed by atoms with van der Waals surface area (Å²) in [5.41, 5.74) is 13.7. The molecular formula is C48H44GeIrN2O-2. The molecule has 0 amide bonds. The van der Waals surface area contributed by atoms with Gasteiger partial charge in [-0.15, -0.1) is 6.07 Å². The van der Waals surface area contributed by atoms with Crippen LogP contribution in [0.4, 0.5) is 0 Å². The maximum Gasteiger partial charge on any atom is 0 e. The molecule has 0 saturated heterocycles. The van der Waals surface area contributed by atoms with E-state index in [1.165, 1.54) is 21.1 Å². The molecule has 1 radical (unpaired) electrons. The Morgan fingerprint density at radius 3 is 1.83 bits per heavy atom. The fourth-order valence-electron chi connectivity index (χ4n) is 6.80. The SMILES string of the molecule is [CH2-]c1ccc2c(oc3cc(-c4ccccc4)ccc32)c1-c1cc(C)c(-c2ccccc2)c[n+]1[CH2-].[CH2-]c1ccccc1-c1cc[c]([Ge]([CH3])([CH3])[CH3])c[n+]1[CH2-].[Ir]. The van der Waals surface area contributed by atoms with Crippen LogP contribution in [0.15, 0.2) is 150 Å². The van der Waals surface area contributed by atoms with Gasteiger partial charge in [-0.1, -0.05) is 83.9 Å². The minimum absolute atomic E-state index is 0. The van der Waals surface area contributed by atoms with Crippen LogP contribution in [0, 0.1) is 34.9 Å². The van der Waals surface area contributed by atoms with Crippen LogP contribution in [0.1, 0.15) is 16.7 Å². The first-order valence-corrected chi connectivity index (χ1v) is 24.9. The molecule has 0 unspecified atom stereocenters. The van der Waals surface area contributed by atoms with Gasteiger partial charge in [-0.3, -0.25) is 0 Å². The van der Waals surface area contributed by atoms with Gasteiger partial charge in [-0.05, 0) is 41.3 Å². The quantitative estimate of drug-likeness (QED) is 0.0957. The van der Waals surface area contributed by atoms with Crippen molar-refractivity contribution in [3.8, 4) is 44.8 Å². The average Bonchev–Trinajstić information content (AvgIpc) is 3.51. The number of rotatable bonds is 5. The van der Waals surface area contributed by atoms with Gasteiger partial charge in [0.25, 0.3) is 0 Å². The van der Waals surface area contributed by atoms with Gasteiger partial charge < -0.3 is 8.98 Å². The molecule has 5 aromatic carbocycles. The zero-order valence-corrected chi connectivity index (χ0v) is 35.3. The first-order valence-electron chi connectivity index (χ1n) is 17.6. The Morgan fingerprint density at radius 1 is 0.547 bits per heavy atom. The molecule has 0 fully saturated rings. The Morgan fingerprint density at radius 2 is 1.17 bits per heavy atom. The van der Waals surface area contributed by atoms with E-state index in [1.807, 2.05) is 39.5 Å². The summed E-state index contributed by atoms with van der Waals surface area (Å²) < 4.78 is 11.9. The van der Waals surface area contributed by atoms with Gasteiger partial charge in [-0.2, -0.15) is 18.6 Å². The van der Waals surface area contributed by atoms with Gasteiger partial charge in [-0.25, -0.2) is 0 Å². The smallest absolute Gasteiger partial charge is 0 e. The molecule has 0 atom stereocenters. The summed E-state index contributed by atoms with van der Waals surface area (Å²) in [6.45, 7) is 10.6. The topological polar surface area (TPSA) is 20.9 Å². The van der Waals surface area contributed by atoms with Crippen LogP contribution in [0.2, 0.25) is 17.3 Å². The van der Waals surface area contributed by atoms with Crippen molar-refractivity contribution in [2.45, 2.75) is 24.2 Å². The Balaban J connectivity index is 0.000000215. The number of benzene rings is 5. The average molecular weight is 930 g/mol. The summed E-state index contributed by atoms with van der Waals surface area (Å²) in [5, 5.41) is 2.19. The third kappa shape index (κ3) is 7.68. The second kappa shape index (κ2) is 15.5. The van der Waals surface area contributed by atoms with Gasteiger partial charge in [0.1, 0.15) is 5.58 Å². The van der Waals surface area contributed by atoms with E-state index < -0.39 is 13.3 Å². The minimum Gasteiger partial charge on any atom is 0 e. The van der Waals surface area contributed by atoms with Crippen molar-refractivity contribution in [1.82, 2.24) is 0 Å². The number of aromatic nitrogens is 2. The van der Waals surface area contributed by atoms with E-state index in [9.17, 15) is 0 Å². The standard InChI is InChI=1S/C32H24NO.C16H20GeN.Ir/c1-21-14-16-27-26-17-15-25(23-10-6-4-7-11-23)19-30(26)34-32(27)31(21)29-18-22(2)28(20-33(29)3)24-12-8-5-9-13-24;1-13-8-6-7-9-15(13)16-11-10-14(12-18(16)5)17(2,3)4;/h4-20H,1,3H2,2H3;6-12H,1,5H2,2-4H3;/q2*-1;. The van der Waals surface area contributed by atoms with Crippen molar-refractivity contribution in [2.75, 3.05) is 0 Å². The zero-order valence-electron chi connectivity index (χ0n) is 30.8. The van der Waals surface area contributed by atoms with Crippen LogP contribution < -0.4 is 13.5 Å². The third-order valence-electron chi connectivity index (χ3n) is 9.73. The van der Waals surface area contributed by atoms with E-state index >= 15 is 0 Å². The maximum atomic E-state index is 6.51. The van der Waals surface area contributed by atoms with Crippen molar-refractivity contribution in [3.05, 3.63) is 190 Å². The third-order valence-corrected chi connectivity index (χ3v) is 14.0. The van der Waals surface area contributed by atoms with Crippen molar-refractivity contribution in [2.24, 2.45) is 0 Å². The van der Waals surface area contributed by atoms with E-state index in [1.54, 1.807) is 0 Å². The molecule has 0 aliphatic heterocycles. The summed E-state index contributed by atoms with van der Waals surface area (Å²) in [6.07, 6.45) is 4.27. The number of hydrogen-bond acceptors (Lipinski definition) is 1.